The fraction of sp³-hybridized carbons (Fsp3) is 1.00. The average molecular weight is 261 g/mol. The highest BCUT2D eigenvalue weighted by Gasteiger charge is 2.33. The number of rotatable bonds is 3. The lowest BCUT2D eigenvalue weighted by atomic mass is 9.93. The molecule has 2 rings (SSSR count). The molecule has 1 heterocycles. The first-order valence-electron chi connectivity index (χ1n) is 6.60. The smallest absolute Gasteiger partial charge is 0.151 e. The summed E-state index contributed by atoms with van der Waals surface area (Å²) >= 11 is 0. The van der Waals surface area contributed by atoms with Gasteiger partial charge in [-0.25, -0.2) is 8.42 Å². The van der Waals surface area contributed by atoms with Crippen molar-refractivity contribution >= 4 is 9.84 Å². The Morgan fingerprint density at radius 1 is 1.06 bits per heavy atom. The van der Waals surface area contributed by atoms with Gasteiger partial charge in [-0.1, -0.05) is 12.8 Å². The lowest BCUT2D eigenvalue weighted by Crippen LogP contribution is -2.51. The number of sulfone groups is 1. The van der Waals surface area contributed by atoms with Crippen LogP contribution in [0.4, 0.5) is 0 Å². The lowest BCUT2D eigenvalue weighted by molar-refractivity contribution is 0.0734. The molecule has 0 radical (unpaired) electrons. The lowest BCUT2D eigenvalue weighted by Gasteiger charge is -2.35. The highest BCUT2D eigenvalue weighted by Crippen LogP contribution is 2.25. The van der Waals surface area contributed by atoms with Gasteiger partial charge in [0, 0.05) is 31.6 Å². The molecule has 5 heteroatoms. The van der Waals surface area contributed by atoms with Gasteiger partial charge in [-0.05, 0) is 25.7 Å². The quantitative estimate of drug-likeness (QED) is 0.827. The number of hydrogen-bond acceptors (Lipinski definition) is 4. The van der Waals surface area contributed by atoms with Crippen molar-refractivity contribution in [1.82, 2.24) is 5.32 Å². The molecule has 100 valence electrons. The van der Waals surface area contributed by atoms with E-state index in [2.05, 4.69) is 5.32 Å². The van der Waals surface area contributed by atoms with Gasteiger partial charge in [-0.3, -0.25) is 0 Å². The maximum Gasteiger partial charge on any atom is 0.151 e. The minimum atomic E-state index is -2.92. The fourth-order valence-corrected chi connectivity index (χ4v) is 4.37. The van der Waals surface area contributed by atoms with E-state index in [-0.39, 0.29) is 11.3 Å². The summed E-state index contributed by atoms with van der Waals surface area (Å²) < 4.78 is 28.9. The van der Waals surface area contributed by atoms with E-state index in [1.54, 1.807) is 0 Å². The summed E-state index contributed by atoms with van der Waals surface area (Å²) in [5.74, 6) is 0. The Morgan fingerprint density at radius 3 is 2.35 bits per heavy atom. The Hall–Kier alpha value is -0.130. The van der Waals surface area contributed by atoms with Crippen LogP contribution in [0.5, 0.6) is 0 Å². The number of hydrogen-bond donors (Lipinski definition) is 1. The van der Waals surface area contributed by atoms with Gasteiger partial charge < -0.3 is 10.1 Å². The molecular weight excluding hydrogens is 238 g/mol. The van der Waals surface area contributed by atoms with Crippen molar-refractivity contribution in [2.75, 3.05) is 19.5 Å². The van der Waals surface area contributed by atoms with E-state index in [0.717, 1.165) is 51.7 Å². The van der Waals surface area contributed by atoms with Gasteiger partial charge in [0.1, 0.15) is 0 Å². The van der Waals surface area contributed by atoms with Crippen molar-refractivity contribution in [2.24, 2.45) is 0 Å². The van der Waals surface area contributed by atoms with Crippen molar-refractivity contribution < 1.29 is 13.2 Å². The molecule has 0 amide bonds. The highest BCUT2D eigenvalue weighted by molar-refractivity contribution is 7.91. The molecule has 1 saturated carbocycles. The maximum absolute atomic E-state index is 11.8. The number of nitrogens with one attached hydrogen (secondary N) is 1. The molecule has 1 saturated heterocycles. The molecule has 1 N–H and O–H groups in total. The molecule has 17 heavy (non-hydrogen) atoms. The molecule has 2 aliphatic rings. The van der Waals surface area contributed by atoms with Gasteiger partial charge in [0.05, 0.1) is 5.25 Å². The second kappa shape index (κ2) is 5.67. The zero-order valence-electron chi connectivity index (χ0n) is 10.5. The van der Waals surface area contributed by atoms with E-state index in [1.807, 2.05) is 0 Å². The zero-order chi connectivity index (χ0) is 12.3. The summed E-state index contributed by atoms with van der Waals surface area (Å²) in [7, 11) is -2.92. The van der Waals surface area contributed by atoms with E-state index in [0.29, 0.717) is 6.04 Å². The SMILES string of the molecule is CS(=O)(=O)[C@@H]1CCCC[C@H]1NC1CCOCC1. The normalized spacial score (nSPS) is 32.5. The van der Waals surface area contributed by atoms with Crippen LogP contribution in [0.25, 0.3) is 0 Å². The van der Waals surface area contributed by atoms with Crippen molar-refractivity contribution in [2.45, 2.75) is 55.9 Å². The monoisotopic (exact) mass is 261 g/mol. The summed E-state index contributed by atoms with van der Waals surface area (Å²) in [6, 6.07) is 0.595. The molecular formula is C12H23NO3S. The number of ether oxygens (including phenoxy) is 1. The van der Waals surface area contributed by atoms with Gasteiger partial charge in [-0.15, -0.1) is 0 Å². The maximum atomic E-state index is 11.8. The van der Waals surface area contributed by atoms with Crippen LogP contribution in [0.3, 0.4) is 0 Å². The highest BCUT2D eigenvalue weighted by atomic mass is 32.2. The molecule has 0 spiro atoms. The van der Waals surface area contributed by atoms with E-state index in [9.17, 15) is 8.42 Å². The molecule has 2 atom stereocenters. The van der Waals surface area contributed by atoms with Gasteiger partial charge in [-0.2, -0.15) is 0 Å². The zero-order valence-corrected chi connectivity index (χ0v) is 11.3. The van der Waals surface area contributed by atoms with Crippen molar-refractivity contribution in [3.63, 3.8) is 0 Å². The van der Waals surface area contributed by atoms with Crippen LogP contribution in [0.15, 0.2) is 0 Å². The Labute approximate surface area is 104 Å². The summed E-state index contributed by atoms with van der Waals surface area (Å²) in [5.41, 5.74) is 0. The van der Waals surface area contributed by atoms with E-state index < -0.39 is 9.84 Å². The van der Waals surface area contributed by atoms with Crippen molar-refractivity contribution in [1.29, 1.82) is 0 Å². The standard InChI is InChI=1S/C12H23NO3S/c1-17(14,15)12-5-3-2-4-11(12)13-10-6-8-16-9-7-10/h10-13H,2-9H2,1H3/t11-,12-/m1/s1. The van der Waals surface area contributed by atoms with Crippen LogP contribution in [-0.2, 0) is 14.6 Å². The third-order valence-electron chi connectivity index (χ3n) is 3.92. The van der Waals surface area contributed by atoms with Gasteiger partial charge in [0.25, 0.3) is 0 Å². The molecule has 1 aliphatic carbocycles. The van der Waals surface area contributed by atoms with Crippen LogP contribution in [0.2, 0.25) is 0 Å². The Balaban J connectivity index is 1.96. The molecule has 0 bridgehead atoms. The van der Waals surface area contributed by atoms with Crippen LogP contribution in [-0.4, -0.2) is 45.2 Å². The van der Waals surface area contributed by atoms with E-state index in [4.69, 9.17) is 4.74 Å². The van der Waals surface area contributed by atoms with E-state index >= 15 is 0 Å². The third kappa shape index (κ3) is 3.66. The second-order valence-corrected chi connectivity index (χ2v) is 7.58. The fourth-order valence-electron chi connectivity index (χ4n) is 2.97. The molecule has 0 aromatic carbocycles. The predicted molar refractivity (Wildman–Crippen MR) is 67.9 cm³/mol. The van der Waals surface area contributed by atoms with Gasteiger partial charge in [0.15, 0.2) is 9.84 Å². The van der Waals surface area contributed by atoms with Gasteiger partial charge in [0.2, 0.25) is 0 Å². The predicted octanol–water partition coefficient (Wildman–Crippen LogP) is 1.11. The molecule has 0 aromatic rings. The van der Waals surface area contributed by atoms with E-state index in [1.165, 1.54) is 6.26 Å². The largest absolute Gasteiger partial charge is 0.381 e. The third-order valence-corrected chi connectivity index (χ3v) is 5.59. The molecule has 1 aliphatic heterocycles. The first kappa shape index (κ1) is 13.3. The van der Waals surface area contributed by atoms with Crippen LogP contribution in [0, 0.1) is 0 Å². The average Bonchev–Trinajstić information content (AvgIpc) is 2.30. The minimum Gasteiger partial charge on any atom is -0.381 e. The molecule has 0 aromatic heterocycles. The summed E-state index contributed by atoms with van der Waals surface area (Å²) in [6.07, 6.45) is 7.40. The Kier molecular flexibility index (Phi) is 4.44. The Morgan fingerprint density at radius 2 is 1.71 bits per heavy atom. The minimum absolute atomic E-state index is 0.154. The van der Waals surface area contributed by atoms with Crippen LogP contribution >= 0.6 is 0 Å². The summed E-state index contributed by atoms with van der Waals surface area (Å²) in [4.78, 5) is 0. The topological polar surface area (TPSA) is 55.4 Å². The second-order valence-electron chi connectivity index (χ2n) is 5.31. The van der Waals surface area contributed by atoms with Crippen LogP contribution in [0.1, 0.15) is 38.5 Å². The first-order valence-corrected chi connectivity index (χ1v) is 8.55. The van der Waals surface area contributed by atoms with Crippen molar-refractivity contribution in [3.05, 3.63) is 0 Å². The van der Waals surface area contributed by atoms with Gasteiger partial charge >= 0.3 is 0 Å². The molecule has 2 fully saturated rings. The summed E-state index contributed by atoms with van der Waals surface area (Å²) in [6.45, 7) is 1.60. The Bertz CT molecular complexity index is 336. The summed E-state index contributed by atoms with van der Waals surface area (Å²) in [5, 5.41) is 3.37. The molecule has 4 nitrogen and oxygen atoms in total. The van der Waals surface area contributed by atoms with Crippen LogP contribution < -0.4 is 5.32 Å². The molecule has 0 unspecified atom stereocenters. The van der Waals surface area contributed by atoms with Crippen molar-refractivity contribution in [3.8, 4) is 0 Å². The first-order chi connectivity index (χ1) is 8.07.